The number of carboxylic acid groups (broad SMARTS) is 1. The summed E-state index contributed by atoms with van der Waals surface area (Å²) in [4.78, 5) is 13.1. The minimum absolute atomic E-state index is 0.0749. The molecule has 5 heteroatoms. The second-order valence-corrected chi connectivity index (χ2v) is 5.54. The lowest BCUT2D eigenvalue weighted by atomic mass is 10.2. The number of aromatic carboxylic acids is 1. The predicted molar refractivity (Wildman–Crippen MR) is 62.9 cm³/mol. The highest BCUT2D eigenvalue weighted by molar-refractivity contribution is 7.99. The normalized spacial score (nSPS) is 22.2. The molecule has 0 amide bonds. The summed E-state index contributed by atoms with van der Waals surface area (Å²) in [5.74, 6) is 0.201. The molecule has 1 fully saturated rings. The Labute approximate surface area is 98.6 Å². The highest BCUT2D eigenvalue weighted by Gasteiger charge is 2.20. The number of carbonyl (C=O) groups is 1. The van der Waals surface area contributed by atoms with Gasteiger partial charge in [0.1, 0.15) is 0 Å². The molecule has 0 radical (unpaired) electrons. The predicted octanol–water partition coefficient (Wildman–Crippen LogP) is 1.92. The van der Waals surface area contributed by atoms with Crippen LogP contribution < -0.4 is 0 Å². The molecule has 1 unspecified atom stereocenters. The maximum Gasteiger partial charge on any atom is 0.372 e. The Morgan fingerprint density at radius 3 is 3.25 bits per heavy atom. The van der Waals surface area contributed by atoms with E-state index in [1.165, 1.54) is 6.26 Å². The van der Waals surface area contributed by atoms with Crippen molar-refractivity contribution in [2.24, 2.45) is 0 Å². The summed E-state index contributed by atoms with van der Waals surface area (Å²) in [6, 6.07) is 1.75. The molecule has 1 N–H and O–H groups in total. The van der Waals surface area contributed by atoms with E-state index in [-0.39, 0.29) is 5.76 Å². The molecular weight excluding hydrogens is 226 g/mol. The summed E-state index contributed by atoms with van der Waals surface area (Å²) in [5, 5.41) is 9.54. The van der Waals surface area contributed by atoms with Crippen LogP contribution in [0.3, 0.4) is 0 Å². The van der Waals surface area contributed by atoms with Crippen molar-refractivity contribution in [2.45, 2.75) is 18.7 Å². The van der Waals surface area contributed by atoms with Crippen molar-refractivity contribution in [3.63, 3.8) is 0 Å². The summed E-state index contributed by atoms with van der Waals surface area (Å²) < 4.78 is 4.96. The van der Waals surface area contributed by atoms with Crippen LogP contribution >= 0.6 is 11.8 Å². The van der Waals surface area contributed by atoms with Crippen molar-refractivity contribution < 1.29 is 14.3 Å². The fourth-order valence-corrected chi connectivity index (χ4v) is 3.01. The number of thioether (sulfide) groups is 1. The van der Waals surface area contributed by atoms with Crippen LogP contribution in [0.4, 0.5) is 0 Å². The molecule has 88 valence electrons. The highest BCUT2D eigenvalue weighted by Crippen LogP contribution is 2.21. The lowest BCUT2D eigenvalue weighted by Crippen LogP contribution is -2.36. The quantitative estimate of drug-likeness (QED) is 0.876. The molecule has 0 aliphatic carbocycles. The van der Waals surface area contributed by atoms with Gasteiger partial charge in [0.25, 0.3) is 0 Å². The van der Waals surface area contributed by atoms with Gasteiger partial charge in [-0.3, -0.25) is 4.90 Å². The van der Waals surface area contributed by atoms with E-state index in [4.69, 9.17) is 9.52 Å². The first-order valence-electron chi connectivity index (χ1n) is 5.30. The van der Waals surface area contributed by atoms with Crippen LogP contribution in [0.2, 0.25) is 0 Å². The van der Waals surface area contributed by atoms with E-state index in [0.29, 0.717) is 11.8 Å². The molecule has 1 aliphatic rings. The van der Waals surface area contributed by atoms with E-state index >= 15 is 0 Å². The van der Waals surface area contributed by atoms with E-state index in [2.05, 4.69) is 11.8 Å². The molecule has 2 rings (SSSR count). The van der Waals surface area contributed by atoms with Gasteiger partial charge in [-0.05, 0) is 6.07 Å². The zero-order valence-electron chi connectivity index (χ0n) is 9.18. The minimum Gasteiger partial charge on any atom is -0.475 e. The number of hydrogen-bond acceptors (Lipinski definition) is 4. The Hall–Kier alpha value is -0.940. The van der Waals surface area contributed by atoms with Gasteiger partial charge in [-0.25, -0.2) is 4.79 Å². The number of nitrogens with zero attached hydrogens (tertiary/aromatic N) is 1. The van der Waals surface area contributed by atoms with Crippen LogP contribution in [-0.4, -0.2) is 40.1 Å². The Balaban J connectivity index is 2.02. The average molecular weight is 241 g/mol. The Morgan fingerprint density at radius 1 is 1.75 bits per heavy atom. The molecular formula is C11H15NO3S. The summed E-state index contributed by atoms with van der Waals surface area (Å²) in [5.41, 5.74) is 0.770. The molecule has 4 nitrogen and oxygen atoms in total. The van der Waals surface area contributed by atoms with Crippen LogP contribution in [0.25, 0.3) is 0 Å². The lowest BCUT2D eigenvalue weighted by molar-refractivity contribution is 0.0659. The van der Waals surface area contributed by atoms with Crippen molar-refractivity contribution in [3.05, 3.63) is 23.7 Å². The maximum absolute atomic E-state index is 10.9. The van der Waals surface area contributed by atoms with Gasteiger partial charge in [0.2, 0.25) is 5.76 Å². The van der Waals surface area contributed by atoms with Gasteiger partial charge < -0.3 is 9.52 Å². The van der Waals surface area contributed by atoms with Gasteiger partial charge in [-0.2, -0.15) is 11.8 Å². The van der Waals surface area contributed by atoms with Crippen molar-refractivity contribution in [1.29, 1.82) is 0 Å². The number of carboxylic acids is 1. The van der Waals surface area contributed by atoms with Crippen LogP contribution in [0.5, 0.6) is 0 Å². The van der Waals surface area contributed by atoms with Gasteiger partial charge in [0, 0.05) is 36.2 Å². The van der Waals surface area contributed by atoms with Crippen LogP contribution in [0.1, 0.15) is 23.0 Å². The summed E-state index contributed by atoms with van der Waals surface area (Å²) >= 11 is 1.96. The molecule has 1 aromatic heterocycles. The average Bonchev–Trinajstić information content (AvgIpc) is 2.66. The molecule has 0 spiro atoms. The van der Waals surface area contributed by atoms with Crippen molar-refractivity contribution in [1.82, 2.24) is 4.90 Å². The third kappa shape index (κ3) is 2.59. The molecule has 0 aromatic carbocycles. The molecule has 16 heavy (non-hydrogen) atoms. The third-order valence-electron chi connectivity index (χ3n) is 2.66. The van der Waals surface area contributed by atoms with Gasteiger partial charge in [-0.15, -0.1) is 0 Å². The summed E-state index contributed by atoms with van der Waals surface area (Å²) in [7, 11) is 0. The molecule has 1 aromatic rings. The number of furan rings is 1. The third-order valence-corrected chi connectivity index (χ3v) is 3.80. The summed E-state index contributed by atoms with van der Waals surface area (Å²) in [6.45, 7) is 4.89. The molecule has 1 aliphatic heterocycles. The molecule has 0 saturated carbocycles. The zero-order chi connectivity index (χ0) is 11.5. The fourth-order valence-electron chi connectivity index (χ4n) is 1.92. The van der Waals surface area contributed by atoms with Gasteiger partial charge in [-0.1, -0.05) is 6.92 Å². The van der Waals surface area contributed by atoms with Crippen molar-refractivity contribution in [3.8, 4) is 0 Å². The SMILES string of the molecule is CC1CN(Cc2ccoc2C(=O)O)CCS1. The largest absolute Gasteiger partial charge is 0.475 e. The second kappa shape index (κ2) is 4.93. The Kier molecular flexibility index (Phi) is 3.56. The summed E-state index contributed by atoms with van der Waals surface area (Å²) in [6.07, 6.45) is 1.45. The van der Waals surface area contributed by atoms with Crippen LogP contribution in [0.15, 0.2) is 16.7 Å². The van der Waals surface area contributed by atoms with Crippen LogP contribution in [0, 0.1) is 0 Å². The Morgan fingerprint density at radius 2 is 2.56 bits per heavy atom. The molecule has 0 bridgehead atoms. The topological polar surface area (TPSA) is 53.7 Å². The van der Waals surface area contributed by atoms with E-state index in [9.17, 15) is 4.79 Å². The maximum atomic E-state index is 10.9. The Bertz CT molecular complexity index is 377. The fraction of sp³-hybridized carbons (Fsp3) is 0.545. The zero-order valence-corrected chi connectivity index (χ0v) is 10.00. The monoisotopic (exact) mass is 241 g/mol. The molecule has 1 atom stereocenters. The van der Waals surface area contributed by atoms with E-state index in [0.717, 1.165) is 24.4 Å². The number of rotatable bonds is 3. The van der Waals surface area contributed by atoms with Crippen LogP contribution in [-0.2, 0) is 6.54 Å². The second-order valence-electron chi connectivity index (χ2n) is 4.00. The first-order valence-corrected chi connectivity index (χ1v) is 6.35. The van der Waals surface area contributed by atoms with Gasteiger partial charge >= 0.3 is 5.97 Å². The van der Waals surface area contributed by atoms with Gasteiger partial charge in [0.15, 0.2) is 0 Å². The highest BCUT2D eigenvalue weighted by atomic mass is 32.2. The van der Waals surface area contributed by atoms with E-state index in [1.54, 1.807) is 6.07 Å². The number of hydrogen-bond donors (Lipinski definition) is 1. The van der Waals surface area contributed by atoms with Crippen molar-refractivity contribution in [2.75, 3.05) is 18.8 Å². The smallest absolute Gasteiger partial charge is 0.372 e. The molecule has 1 saturated heterocycles. The molecule has 2 heterocycles. The minimum atomic E-state index is -0.987. The first-order chi connectivity index (χ1) is 7.66. The lowest BCUT2D eigenvalue weighted by Gasteiger charge is -2.30. The van der Waals surface area contributed by atoms with E-state index in [1.807, 2.05) is 11.8 Å². The van der Waals surface area contributed by atoms with E-state index < -0.39 is 5.97 Å². The van der Waals surface area contributed by atoms with Gasteiger partial charge in [0.05, 0.1) is 6.26 Å². The first kappa shape index (κ1) is 11.5. The standard InChI is InChI=1S/C11H15NO3S/c1-8-6-12(3-5-16-8)7-9-2-4-15-10(9)11(13)14/h2,4,8H,3,5-7H2,1H3,(H,13,14). The van der Waals surface area contributed by atoms with Crippen molar-refractivity contribution >= 4 is 17.7 Å².